The highest BCUT2D eigenvalue weighted by molar-refractivity contribution is 6.30. The average molecular weight is 349 g/mol. The third kappa shape index (κ3) is 5.13. The Labute approximate surface area is 136 Å². The lowest BCUT2D eigenvalue weighted by Crippen LogP contribution is -2.44. The van der Waals surface area contributed by atoms with Crippen LogP contribution in [0.5, 0.6) is 0 Å². The molecule has 0 atom stereocenters. The zero-order chi connectivity index (χ0) is 17.0. The molecule has 0 aromatic heterocycles. The molecule has 1 aromatic carbocycles. The molecule has 0 bridgehead atoms. The Hall–Kier alpha value is -1.76. The SMILES string of the molecule is O=C(NCC(F)(F)F)C1CCN(C(=O)c2cccc(Cl)c2)CC1. The van der Waals surface area contributed by atoms with Gasteiger partial charge in [0.05, 0.1) is 0 Å². The van der Waals surface area contributed by atoms with Crippen LogP contribution in [0.25, 0.3) is 0 Å². The summed E-state index contributed by atoms with van der Waals surface area (Å²) in [4.78, 5) is 25.6. The van der Waals surface area contributed by atoms with E-state index in [1.54, 1.807) is 29.2 Å². The number of likely N-dealkylation sites (tertiary alicyclic amines) is 1. The number of hydrogen-bond acceptors (Lipinski definition) is 2. The van der Waals surface area contributed by atoms with Crippen molar-refractivity contribution in [3.63, 3.8) is 0 Å². The van der Waals surface area contributed by atoms with Crippen LogP contribution in [0.3, 0.4) is 0 Å². The quantitative estimate of drug-likeness (QED) is 0.913. The first kappa shape index (κ1) is 17.6. The number of nitrogens with one attached hydrogen (secondary N) is 1. The van der Waals surface area contributed by atoms with E-state index in [0.29, 0.717) is 36.5 Å². The second-order valence-electron chi connectivity index (χ2n) is 5.41. The van der Waals surface area contributed by atoms with Crippen molar-refractivity contribution in [2.75, 3.05) is 19.6 Å². The topological polar surface area (TPSA) is 49.4 Å². The number of amides is 2. The van der Waals surface area contributed by atoms with E-state index < -0.39 is 24.5 Å². The Morgan fingerprint density at radius 1 is 1.26 bits per heavy atom. The van der Waals surface area contributed by atoms with E-state index >= 15 is 0 Å². The van der Waals surface area contributed by atoms with Gasteiger partial charge in [-0.05, 0) is 31.0 Å². The Morgan fingerprint density at radius 2 is 1.91 bits per heavy atom. The molecule has 8 heteroatoms. The maximum atomic E-state index is 12.3. The number of hydrogen-bond donors (Lipinski definition) is 1. The summed E-state index contributed by atoms with van der Waals surface area (Å²) in [5.74, 6) is -1.31. The summed E-state index contributed by atoms with van der Waals surface area (Å²) in [6, 6.07) is 6.55. The zero-order valence-corrected chi connectivity index (χ0v) is 13.0. The number of rotatable bonds is 3. The normalized spacial score (nSPS) is 16.3. The molecule has 4 nitrogen and oxygen atoms in total. The first-order chi connectivity index (χ1) is 10.8. The summed E-state index contributed by atoms with van der Waals surface area (Å²) in [6.07, 6.45) is -3.73. The predicted octanol–water partition coefficient (Wildman–Crippen LogP) is 2.87. The van der Waals surface area contributed by atoms with Gasteiger partial charge in [0.25, 0.3) is 5.91 Å². The van der Waals surface area contributed by atoms with Gasteiger partial charge in [-0.25, -0.2) is 0 Å². The molecule has 0 aliphatic carbocycles. The number of halogens is 4. The Bertz CT molecular complexity index is 584. The lowest BCUT2D eigenvalue weighted by atomic mass is 9.95. The van der Waals surface area contributed by atoms with Crippen LogP contribution in [0.2, 0.25) is 5.02 Å². The molecule has 2 rings (SSSR count). The van der Waals surface area contributed by atoms with E-state index in [9.17, 15) is 22.8 Å². The predicted molar refractivity (Wildman–Crippen MR) is 79.1 cm³/mol. The van der Waals surface area contributed by atoms with Gasteiger partial charge in [0, 0.05) is 29.6 Å². The Kier molecular flexibility index (Phi) is 5.51. The summed E-state index contributed by atoms with van der Waals surface area (Å²) in [7, 11) is 0. The molecule has 1 aromatic rings. The molecule has 0 radical (unpaired) electrons. The van der Waals surface area contributed by atoms with Crippen molar-refractivity contribution in [1.82, 2.24) is 10.2 Å². The molecule has 0 unspecified atom stereocenters. The van der Waals surface area contributed by atoms with Crippen molar-refractivity contribution < 1.29 is 22.8 Å². The summed E-state index contributed by atoms with van der Waals surface area (Å²) in [5, 5.41) is 2.35. The van der Waals surface area contributed by atoms with Crippen molar-refractivity contribution in [2.24, 2.45) is 5.92 Å². The maximum absolute atomic E-state index is 12.3. The van der Waals surface area contributed by atoms with Gasteiger partial charge in [-0.15, -0.1) is 0 Å². The maximum Gasteiger partial charge on any atom is 0.405 e. The van der Waals surface area contributed by atoms with Crippen LogP contribution in [0.4, 0.5) is 13.2 Å². The number of carbonyl (C=O) groups excluding carboxylic acids is 2. The fraction of sp³-hybridized carbons (Fsp3) is 0.467. The molecule has 1 aliphatic heterocycles. The number of nitrogens with zero attached hydrogens (tertiary/aromatic N) is 1. The largest absolute Gasteiger partial charge is 0.405 e. The van der Waals surface area contributed by atoms with Crippen molar-refractivity contribution in [3.8, 4) is 0 Å². The Balaban J connectivity index is 1.86. The summed E-state index contributed by atoms with van der Waals surface area (Å²) >= 11 is 5.85. The van der Waals surface area contributed by atoms with E-state index in [1.807, 2.05) is 5.32 Å². The van der Waals surface area contributed by atoms with Gasteiger partial charge in [-0.3, -0.25) is 9.59 Å². The molecular formula is C15H16ClF3N2O2. The molecule has 23 heavy (non-hydrogen) atoms. The second-order valence-corrected chi connectivity index (χ2v) is 5.85. The summed E-state index contributed by atoms with van der Waals surface area (Å²) in [5.41, 5.74) is 0.456. The van der Waals surface area contributed by atoms with Crippen LogP contribution >= 0.6 is 11.6 Å². The van der Waals surface area contributed by atoms with Crippen molar-refractivity contribution >= 4 is 23.4 Å². The minimum atomic E-state index is -4.42. The van der Waals surface area contributed by atoms with E-state index in [-0.39, 0.29) is 5.91 Å². The van der Waals surface area contributed by atoms with Crippen molar-refractivity contribution in [3.05, 3.63) is 34.9 Å². The van der Waals surface area contributed by atoms with Crippen molar-refractivity contribution in [1.29, 1.82) is 0 Å². The number of piperidine rings is 1. The molecule has 0 saturated carbocycles. The highest BCUT2D eigenvalue weighted by Crippen LogP contribution is 2.21. The minimum Gasteiger partial charge on any atom is -0.347 e. The van der Waals surface area contributed by atoms with Crippen LogP contribution < -0.4 is 5.32 Å². The van der Waals surface area contributed by atoms with E-state index in [0.717, 1.165) is 0 Å². The van der Waals surface area contributed by atoms with Crippen LogP contribution in [-0.4, -0.2) is 42.5 Å². The Morgan fingerprint density at radius 3 is 2.48 bits per heavy atom. The second kappa shape index (κ2) is 7.21. The zero-order valence-electron chi connectivity index (χ0n) is 12.2. The van der Waals surface area contributed by atoms with Gasteiger partial charge in [-0.1, -0.05) is 17.7 Å². The monoisotopic (exact) mass is 348 g/mol. The van der Waals surface area contributed by atoms with Gasteiger partial charge in [0.15, 0.2) is 0 Å². The number of benzene rings is 1. The lowest BCUT2D eigenvalue weighted by Gasteiger charge is -2.31. The van der Waals surface area contributed by atoms with E-state index in [4.69, 9.17) is 11.6 Å². The minimum absolute atomic E-state index is 0.193. The lowest BCUT2D eigenvalue weighted by molar-refractivity contribution is -0.141. The molecule has 1 aliphatic rings. The molecule has 1 heterocycles. The van der Waals surface area contributed by atoms with Gasteiger partial charge in [0.1, 0.15) is 6.54 Å². The van der Waals surface area contributed by atoms with Gasteiger partial charge in [0.2, 0.25) is 5.91 Å². The molecule has 126 valence electrons. The third-order valence-corrected chi connectivity index (χ3v) is 3.92. The van der Waals surface area contributed by atoms with Crippen LogP contribution in [0.15, 0.2) is 24.3 Å². The standard InChI is InChI=1S/C15H16ClF3N2O2/c16-12-3-1-2-11(8-12)14(23)21-6-4-10(5-7-21)13(22)20-9-15(17,18)19/h1-3,8,10H,4-7,9H2,(H,20,22). The van der Waals surface area contributed by atoms with Gasteiger partial charge >= 0.3 is 6.18 Å². The van der Waals surface area contributed by atoms with Crippen molar-refractivity contribution in [2.45, 2.75) is 19.0 Å². The fourth-order valence-corrected chi connectivity index (χ4v) is 2.67. The summed E-state index contributed by atoms with van der Waals surface area (Å²) < 4.78 is 36.3. The van der Waals surface area contributed by atoms with E-state index in [2.05, 4.69) is 0 Å². The van der Waals surface area contributed by atoms with Gasteiger partial charge in [-0.2, -0.15) is 13.2 Å². The smallest absolute Gasteiger partial charge is 0.347 e. The molecular weight excluding hydrogens is 333 g/mol. The van der Waals surface area contributed by atoms with Crippen LogP contribution in [0.1, 0.15) is 23.2 Å². The first-order valence-electron chi connectivity index (χ1n) is 7.15. The average Bonchev–Trinajstić information content (AvgIpc) is 2.51. The van der Waals surface area contributed by atoms with Crippen LogP contribution in [-0.2, 0) is 4.79 Å². The third-order valence-electron chi connectivity index (χ3n) is 3.69. The highest BCUT2D eigenvalue weighted by Gasteiger charge is 2.32. The molecule has 1 saturated heterocycles. The van der Waals surface area contributed by atoms with Crippen LogP contribution in [0, 0.1) is 5.92 Å². The number of carbonyl (C=O) groups is 2. The highest BCUT2D eigenvalue weighted by atomic mass is 35.5. The summed E-state index contributed by atoms with van der Waals surface area (Å²) in [6.45, 7) is -0.668. The first-order valence-corrected chi connectivity index (χ1v) is 7.53. The molecule has 1 fully saturated rings. The fourth-order valence-electron chi connectivity index (χ4n) is 2.48. The molecule has 1 N–H and O–H groups in total. The number of alkyl halides is 3. The molecule has 2 amide bonds. The van der Waals surface area contributed by atoms with Gasteiger partial charge < -0.3 is 10.2 Å². The molecule has 0 spiro atoms. The van der Waals surface area contributed by atoms with E-state index in [1.165, 1.54) is 0 Å².